The second-order valence-electron chi connectivity index (χ2n) is 7.11. The molecule has 4 nitrogen and oxygen atoms in total. The van der Waals surface area contributed by atoms with Crippen LogP contribution in [0.2, 0.25) is 0 Å². The van der Waals surface area contributed by atoms with Crippen molar-refractivity contribution < 1.29 is 9.90 Å². The van der Waals surface area contributed by atoms with E-state index >= 15 is 0 Å². The Morgan fingerprint density at radius 3 is 2.50 bits per heavy atom. The quantitative estimate of drug-likeness (QED) is 0.804. The van der Waals surface area contributed by atoms with Gasteiger partial charge in [0.25, 0.3) is 0 Å². The average Bonchev–Trinajstić information content (AvgIpc) is 2.68. The topological polar surface area (TPSA) is 52.6 Å². The molecule has 1 amide bonds. The number of hydrogen-bond acceptors (Lipinski definition) is 3. The van der Waals surface area contributed by atoms with E-state index in [4.69, 9.17) is 0 Å². The number of aliphatic hydroxyl groups excluding tert-OH is 1. The van der Waals surface area contributed by atoms with Crippen LogP contribution in [0.4, 0.5) is 5.69 Å². The fraction of sp³-hybridized carbons (Fsp3) is 0.409. The molecule has 0 radical (unpaired) electrons. The highest BCUT2D eigenvalue weighted by Gasteiger charge is 2.27. The zero-order valence-electron chi connectivity index (χ0n) is 15.2. The molecule has 0 saturated carbocycles. The third-order valence-electron chi connectivity index (χ3n) is 5.14. The molecule has 2 aromatic carbocycles. The lowest BCUT2D eigenvalue weighted by Gasteiger charge is -2.36. The summed E-state index contributed by atoms with van der Waals surface area (Å²) in [5, 5.41) is 13.2. The Morgan fingerprint density at radius 1 is 1.08 bits per heavy atom. The summed E-state index contributed by atoms with van der Waals surface area (Å²) in [7, 11) is 0. The standard InChI is InChI=1S/C22H28N2O2/c25-21-14-16-24(15-13-18-7-3-1-4-8-18)17-19(21)11-12-22(26)23-20-9-5-2-6-10-20/h1-10,19,21,25H,11-17H2,(H,23,26)/t19-,21+/m0/s1. The molecule has 1 saturated heterocycles. The number of hydrogen-bond donors (Lipinski definition) is 2. The lowest BCUT2D eigenvalue weighted by Crippen LogP contribution is -2.44. The first-order valence-corrected chi connectivity index (χ1v) is 9.50. The maximum atomic E-state index is 12.1. The zero-order valence-corrected chi connectivity index (χ0v) is 15.2. The smallest absolute Gasteiger partial charge is 0.224 e. The number of carbonyl (C=O) groups excluding carboxylic acids is 1. The van der Waals surface area contributed by atoms with Gasteiger partial charge in [-0.3, -0.25) is 4.79 Å². The van der Waals surface area contributed by atoms with Crippen LogP contribution in [0.25, 0.3) is 0 Å². The number of piperidine rings is 1. The van der Waals surface area contributed by atoms with Gasteiger partial charge in [0.15, 0.2) is 0 Å². The minimum absolute atomic E-state index is 0.0183. The summed E-state index contributed by atoms with van der Waals surface area (Å²) < 4.78 is 0. The van der Waals surface area contributed by atoms with Crippen LogP contribution in [-0.2, 0) is 11.2 Å². The summed E-state index contributed by atoms with van der Waals surface area (Å²) in [5.41, 5.74) is 2.17. The van der Waals surface area contributed by atoms with Gasteiger partial charge in [-0.05, 0) is 42.9 Å². The minimum atomic E-state index is -0.299. The van der Waals surface area contributed by atoms with Crippen LogP contribution in [0.3, 0.4) is 0 Å². The Hall–Kier alpha value is -2.17. The lowest BCUT2D eigenvalue weighted by atomic mass is 9.90. The Labute approximate surface area is 155 Å². The van der Waals surface area contributed by atoms with Crippen molar-refractivity contribution in [3.63, 3.8) is 0 Å². The molecule has 138 valence electrons. The second-order valence-corrected chi connectivity index (χ2v) is 7.11. The van der Waals surface area contributed by atoms with E-state index in [0.717, 1.165) is 44.6 Å². The Bertz CT molecular complexity index is 675. The Kier molecular flexibility index (Phi) is 6.81. The highest BCUT2D eigenvalue weighted by atomic mass is 16.3. The molecule has 0 spiro atoms. The van der Waals surface area contributed by atoms with Crippen molar-refractivity contribution in [1.29, 1.82) is 0 Å². The molecule has 2 N–H and O–H groups in total. The van der Waals surface area contributed by atoms with Crippen molar-refractivity contribution in [3.05, 3.63) is 66.2 Å². The summed E-state index contributed by atoms with van der Waals surface area (Å²) >= 11 is 0. The maximum absolute atomic E-state index is 12.1. The normalized spacial score (nSPS) is 20.7. The van der Waals surface area contributed by atoms with Crippen LogP contribution in [0.15, 0.2) is 60.7 Å². The van der Waals surface area contributed by atoms with Crippen LogP contribution in [0.1, 0.15) is 24.8 Å². The summed E-state index contributed by atoms with van der Waals surface area (Å²) in [6, 6.07) is 20.0. The lowest BCUT2D eigenvalue weighted by molar-refractivity contribution is -0.116. The molecule has 0 unspecified atom stereocenters. The molecule has 1 heterocycles. The van der Waals surface area contributed by atoms with Crippen molar-refractivity contribution in [2.24, 2.45) is 5.92 Å². The van der Waals surface area contributed by atoms with E-state index in [1.54, 1.807) is 0 Å². The monoisotopic (exact) mass is 352 g/mol. The van der Waals surface area contributed by atoms with E-state index in [2.05, 4.69) is 34.5 Å². The van der Waals surface area contributed by atoms with Crippen LogP contribution < -0.4 is 5.32 Å². The summed E-state index contributed by atoms with van der Waals surface area (Å²) in [6.45, 7) is 2.80. The fourth-order valence-corrected chi connectivity index (χ4v) is 3.58. The summed E-state index contributed by atoms with van der Waals surface area (Å²) in [6.07, 6.45) is 2.69. The predicted octanol–water partition coefficient (Wildman–Crippen LogP) is 3.33. The van der Waals surface area contributed by atoms with Gasteiger partial charge in [-0.15, -0.1) is 0 Å². The third kappa shape index (κ3) is 5.68. The fourth-order valence-electron chi connectivity index (χ4n) is 3.58. The van der Waals surface area contributed by atoms with Gasteiger partial charge in [-0.2, -0.15) is 0 Å². The Balaban J connectivity index is 1.43. The van der Waals surface area contributed by atoms with Crippen LogP contribution in [-0.4, -0.2) is 41.7 Å². The summed E-state index contributed by atoms with van der Waals surface area (Å²) in [5.74, 6) is 0.186. The number of anilines is 1. The predicted molar refractivity (Wildman–Crippen MR) is 105 cm³/mol. The number of likely N-dealkylation sites (tertiary alicyclic amines) is 1. The van der Waals surface area contributed by atoms with Crippen LogP contribution in [0, 0.1) is 5.92 Å². The van der Waals surface area contributed by atoms with Crippen molar-refractivity contribution >= 4 is 11.6 Å². The van der Waals surface area contributed by atoms with Crippen molar-refractivity contribution in [2.45, 2.75) is 31.8 Å². The Morgan fingerprint density at radius 2 is 1.77 bits per heavy atom. The molecule has 3 rings (SSSR count). The molecule has 0 aromatic heterocycles. The number of aliphatic hydroxyl groups is 1. The van der Waals surface area contributed by atoms with Crippen molar-refractivity contribution in [2.75, 3.05) is 25.0 Å². The molecule has 2 aromatic rings. The van der Waals surface area contributed by atoms with Crippen LogP contribution >= 0.6 is 0 Å². The van der Waals surface area contributed by atoms with Gasteiger partial charge in [-0.25, -0.2) is 0 Å². The number of amides is 1. The molecule has 1 aliphatic heterocycles. The van der Waals surface area contributed by atoms with Gasteiger partial charge < -0.3 is 15.3 Å². The largest absolute Gasteiger partial charge is 0.393 e. The first-order valence-electron chi connectivity index (χ1n) is 9.50. The first-order chi connectivity index (χ1) is 12.7. The number of nitrogens with zero attached hydrogens (tertiary/aromatic N) is 1. The second kappa shape index (κ2) is 9.51. The summed E-state index contributed by atoms with van der Waals surface area (Å²) in [4.78, 5) is 14.6. The highest BCUT2D eigenvalue weighted by Crippen LogP contribution is 2.22. The number of rotatable bonds is 7. The minimum Gasteiger partial charge on any atom is -0.393 e. The molecule has 0 aliphatic carbocycles. The van der Waals surface area contributed by atoms with E-state index < -0.39 is 0 Å². The van der Waals surface area contributed by atoms with Gasteiger partial charge in [0.1, 0.15) is 0 Å². The highest BCUT2D eigenvalue weighted by molar-refractivity contribution is 5.90. The van der Waals surface area contributed by atoms with Crippen molar-refractivity contribution in [3.8, 4) is 0 Å². The molecular weight excluding hydrogens is 324 g/mol. The maximum Gasteiger partial charge on any atom is 0.224 e. The molecule has 1 fully saturated rings. The van der Waals surface area contributed by atoms with Gasteiger partial charge in [-0.1, -0.05) is 48.5 Å². The zero-order chi connectivity index (χ0) is 18.2. The van der Waals surface area contributed by atoms with Gasteiger partial charge in [0, 0.05) is 31.7 Å². The van der Waals surface area contributed by atoms with Gasteiger partial charge >= 0.3 is 0 Å². The average molecular weight is 352 g/mol. The number of carbonyl (C=O) groups is 1. The SMILES string of the molecule is O=C(CC[C@H]1CN(CCc2ccccc2)CC[C@H]1O)Nc1ccccc1. The molecule has 4 heteroatoms. The molecule has 2 atom stereocenters. The molecule has 0 bridgehead atoms. The van der Waals surface area contributed by atoms with Crippen LogP contribution in [0.5, 0.6) is 0 Å². The van der Waals surface area contributed by atoms with Crippen molar-refractivity contribution in [1.82, 2.24) is 4.90 Å². The van der Waals surface area contributed by atoms with E-state index in [-0.39, 0.29) is 17.9 Å². The number of para-hydroxylation sites is 1. The van der Waals surface area contributed by atoms with E-state index in [9.17, 15) is 9.90 Å². The first kappa shape index (κ1) is 18.6. The molecule has 26 heavy (non-hydrogen) atoms. The molecule has 1 aliphatic rings. The van der Waals surface area contributed by atoms with E-state index in [0.29, 0.717) is 6.42 Å². The third-order valence-corrected chi connectivity index (χ3v) is 5.14. The van der Waals surface area contributed by atoms with E-state index in [1.807, 2.05) is 36.4 Å². The van der Waals surface area contributed by atoms with Gasteiger partial charge in [0.2, 0.25) is 5.91 Å². The molecular formula is C22H28N2O2. The van der Waals surface area contributed by atoms with Gasteiger partial charge in [0.05, 0.1) is 6.10 Å². The number of benzene rings is 2. The number of nitrogens with one attached hydrogen (secondary N) is 1. The van der Waals surface area contributed by atoms with E-state index in [1.165, 1.54) is 5.56 Å².